The third kappa shape index (κ3) is 2.49. The summed E-state index contributed by atoms with van der Waals surface area (Å²) in [4.78, 5) is 13.3. The van der Waals surface area contributed by atoms with E-state index in [-0.39, 0.29) is 12.0 Å². The SMILES string of the molecule is CCN(CC1CC1)C1COCC1C(=O)O. The zero-order valence-electron chi connectivity index (χ0n) is 9.19. The van der Waals surface area contributed by atoms with Gasteiger partial charge in [-0.1, -0.05) is 6.92 Å². The summed E-state index contributed by atoms with van der Waals surface area (Å²) in [5.41, 5.74) is 0. The average Bonchev–Trinajstić information content (AvgIpc) is 2.89. The van der Waals surface area contributed by atoms with Gasteiger partial charge in [-0.05, 0) is 25.3 Å². The third-order valence-electron chi connectivity index (χ3n) is 3.43. The maximum atomic E-state index is 11.0. The van der Waals surface area contributed by atoms with Gasteiger partial charge in [0.15, 0.2) is 0 Å². The lowest BCUT2D eigenvalue weighted by Gasteiger charge is -2.28. The second kappa shape index (κ2) is 4.49. The first-order chi connectivity index (χ1) is 7.22. The van der Waals surface area contributed by atoms with Crippen LogP contribution in [0.15, 0.2) is 0 Å². The Morgan fingerprint density at radius 1 is 1.47 bits per heavy atom. The van der Waals surface area contributed by atoms with E-state index in [1.165, 1.54) is 12.8 Å². The molecule has 0 aromatic carbocycles. The van der Waals surface area contributed by atoms with Crippen molar-refractivity contribution in [1.29, 1.82) is 0 Å². The van der Waals surface area contributed by atoms with Crippen LogP contribution in [0.3, 0.4) is 0 Å². The number of ether oxygens (including phenoxy) is 1. The smallest absolute Gasteiger partial charge is 0.310 e. The van der Waals surface area contributed by atoms with E-state index in [1.54, 1.807) is 0 Å². The highest BCUT2D eigenvalue weighted by Crippen LogP contribution is 2.31. The van der Waals surface area contributed by atoms with Crippen LogP contribution in [0.4, 0.5) is 0 Å². The maximum absolute atomic E-state index is 11.0. The van der Waals surface area contributed by atoms with Crippen LogP contribution in [0, 0.1) is 11.8 Å². The van der Waals surface area contributed by atoms with Crippen molar-refractivity contribution in [3.63, 3.8) is 0 Å². The minimum Gasteiger partial charge on any atom is -0.481 e. The van der Waals surface area contributed by atoms with Crippen molar-refractivity contribution in [1.82, 2.24) is 4.90 Å². The van der Waals surface area contributed by atoms with Crippen LogP contribution in [-0.2, 0) is 9.53 Å². The summed E-state index contributed by atoms with van der Waals surface area (Å²) in [5.74, 6) is -0.240. The molecule has 4 nitrogen and oxygen atoms in total. The highest BCUT2D eigenvalue weighted by atomic mass is 16.5. The molecule has 2 fully saturated rings. The van der Waals surface area contributed by atoms with Crippen molar-refractivity contribution in [2.24, 2.45) is 11.8 Å². The molecular weight excluding hydrogens is 194 g/mol. The molecule has 0 aromatic heterocycles. The molecule has 0 bridgehead atoms. The lowest BCUT2D eigenvalue weighted by Crippen LogP contribution is -2.44. The van der Waals surface area contributed by atoms with E-state index in [4.69, 9.17) is 9.84 Å². The number of hydrogen-bond donors (Lipinski definition) is 1. The summed E-state index contributed by atoms with van der Waals surface area (Å²) in [6.07, 6.45) is 2.61. The molecule has 2 atom stereocenters. The quantitative estimate of drug-likeness (QED) is 0.734. The fraction of sp³-hybridized carbons (Fsp3) is 0.909. The molecule has 15 heavy (non-hydrogen) atoms. The Kier molecular flexibility index (Phi) is 3.26. The number of carboxylic acid groups (broad SMARTS) is 1. The molecule has 0 radical (unpaired) electrons. The number of likely N-dealkylation sites (N-methyl/N-ethyl adjacent to an activating group) is 1. The number of rotatable bonds is 5. The first-order valence-corrected chi connectivity index (χ1v) is 5.77. The first-order valence-electron chi connectivity index (χ1n) is 5.77. The van der Waals surface area contributed by atoms with Crippen molar-refractivity contribution in [2.75, 3.05) is 26.3 Å². The lowest BCUT2D eigenvalue weighted by molar-refractivity contribution is -0.143. The first kappa shape index (κ1) is 10.9. The minimum atomic E-state index is -0.716. The van der Waals surface area contributed by atoms with Gasteiger partial charge in [-0.2, -0.15) is 0 Å². The second-order valence-corrected chi connectivity index (χ2v) is 4.58. The van der Waals surface area contributed by atoms with Gasteiger partial charge in [-0.25, -0.2) is 0 Å². The predicted molar refractivity (Wildman–Crippen MR) is 55.7 cm³/mol. The Bertz CT molecular complexity index is 240. The third-order valence-corrected chi connectivity index (χ3v) is 3.43. The molecule has 86 valence electrons. The van der Waals surface area contributed by atoms with Gasteiger partial charge < -0.3 is 9.84 Å². The monoisotopic (exact) mass is 213 g/mol. The minimum absolute atomic E-state index is 0.0908. The van der Waals surface area contributed by atoms with Crippen LogP contribution in [0.25, 0.3) is 0 Å². The van der Waals surface area contributed by atoms with E-state index in [0.29, 0.717) is 13.2 Å². The van der Waals surface area contributed by atoms with Crippen molar-refractivity contribution >= 4 is 5.97 Å². The van der Waals surface area contributed by atoms with Crippen molar-refractivity contribution in [3.05, 3.63) is 0 Å². The van der Waals surface area contributed by atoms with Gasteiger partial charge >= 0.3 is 5.97 Å². The summed E-state index contributed by atoms with van der Waals surface area (Å²) in [7, 11) is 0. The summed E-state index contributed by atoms with van der Waals surface area (Å²) in [6.45, 7) is 5.03. The van der Waals surface area contributed by atoms with Gasteiger partial charge in [0.05, 0.1) is 19.1 Å². The highest BCUT2D eigenvalue weighted by molar-refractivity contribution is 5.71. The second-order valence-electron chi connectivity index (χ2n) is 4.58. The van der Waals surface area contributed by atoms with Gasteiger partial charge in [0.1, 0.15) is 0 Å². The highest BCUT2D eigenvalue weighted by Gasteiger charge is 2.39. The molecule has 2 rings (SSSR count). The van der Waals surface area contributed by atoms with Crippen LogP contribution in [0.5, 0.6) is 0 Å². The van der Waals surface area contributed by atoms with Crippen LogP contribution in [0.1, 0.15) is 19.8 Å². The largest absolute Gasteiger partial charge is 0.481 e. The molecule has 2 unspecified atom stereocenters. The lowest BCUT2D eigenvalue weighted by atomic mass is 10.0. The predicted octanol–water partition coefficient (Wildman–Crippen LogP) is 0.818. The molecule has 1 aliphatic carbocycles. The molecule has 0 spiro atoms. The molecule has 1 saturated carbocycles. The molecule has 0 aromatic rings. The number of hydrogen-bond acceptors (Lipinski definition) is 3. The van der Waals surface area contributed by atoms with Crippen molar-refractivity contribution < 1.29 is 14.6 Å². The molecule has 1 heterocycles. The zero-order chi connectivity index (χ0) is 10.8. The van der Waals surface area contributed by atoms with Crippen LogP contribution in [0.2, 0.25) is 0 Å². The van der Waals surface area contributed by atoms with Gasteiger partial charge in [-0.15, -0.1) is 0 Å². The topological polar surface area (TPSA) is 49.8 Å². The van der Waals surface area contributed by atoms with Crippen molar-refractivity contribution in [3.8, 4) is 0 Å². The van der Waals surface area contributed by atoms with Crippen LogP contribution in [-0.4, -0.2) is 48.3 Å². The Labute approximate surface area is 90.2 Å². The summed E-state index contributed by atoms with van der Waals surface area (Å²) in [6, 6.07) is 0.0908. The van der Waals surface area contributed by atoms with Crippen molar-refractivity contribution in [2.45, 2.75) is 25.8 Å². The molecule has 0 amide bonds. The van der Waals surface area contributed by atoms with Gasteiger partial charge in [-0.3, -0.25) is 9.69 Å². The summed E-state index contributed by atoms with van der Waals surface area (Å²) < 4.78 is 5.29. The Morgan fingerprint density at radius 2 is 2.20 bits per heavy atom. The van der Waals surface area contributed by atoms with Gasteiger partial charge in [0.2, 0.25) is 0 Å². The number of nitrogens with zero attached hydrogens (tertiary/aromatic N) is 1. The molecule has 1 saturated heterocycles. The molecule has 4 heteroatoms. The Morgan fingerprint density at radius 3 is 2.73 bits per heavy atom. The fourth-order valence-corrected chi connectivity index (χ4v) is 2.27. The normalized spacial score (nSPS) is 31.1. The molecule has 2 aliphatic rings. The number of carboxylic acids is 1. The Balaban J connectivity index is 1.95. The summed E-state index contributed by atoms with van der Waals surface area (Å²) >= 11 is 0. The maximum Gasteiger partial charge on any atom is 0.310 e. The van der Waals surface area contributed by atoms with E-state index >= 15 is 0 Å². The number of aliphatic carboxylic acids is 1. The van der Waals surface area contributed by atoms with Gasteiger partial charge in [0, 0.05) is 12.6 Å². The van der Waals surface area contributed by atoms with Crippen LogP contribution >= 0.6 is 0 Å². The van der Waals surface area contributed by atoms with E-state index in [9.17, 15) is 4.79 Å². The van der Waals surface area contributed by atoms with E-state index in [2.05, 4.69) is 11.8 Å². The van der Waals surface area contributed by atoms with Crippen LogP contribution < -0.4 is 0 Å². The van der Waals surface area contributed by atoms with Gasteiger partial charge in [0.25, 0.3) is 0 Å². The fourth-order valence-electron chi connectivity index (χ4n) is 2.27. The molecular formula is C11H19NO3. The van der Waals surface area contributed by atoms with E-state index in [0.717, 1.165) is 19.0 Å². The van der Waals surface area contributed by atoms with E-state index < -0.39 is 5.97 Å². The average molecular weight is 213 g/mol. The van der Waals surface area contributed by atoms with E-state index in [1.807, 2.05) is 0 Å². The number of carbonyl (C=O) groups is 1. The zero-order valence-corrected chi connectivity index (χ0v) is 9.19. The summed E-state index contributed by atoms with van der Waals surface area (Å²) in [5, 5.41) is 9.07. The molecule has 1 aliphatic heterocycles. The Hall–Kier alpha value is -0.610. The standard InChI is InChI=1S/C11H19NO3/c1-2-12(5-8-3-4-8)10-7-15-6-9(10)11(13)14/h8-10H,2-7H2,1H3,(H,13,14). The molecule has 1 N–H and O–H groups in total.